The number of rotatable bonds is 5. The molecule has 0 saturated heterocycles. The molecule has 112 valence electrons. The molecule has 0 radical (unpaired) electrons. The summed E-state index contributed by atoms with van der Waals surface area (Å²) in [6, 6.07) is 7.79. The topological polar surface area (TPSA) is 65.2 Å². The molecule has 0 spiro atoms. The van der Waals surface area contributed by atoms with E-state index in [0.717, 1.165) is 21.8 Å². The van der Waals surface area contributed by atoms with Crippen molar-refractivity contribution in [1.29, 1.82) is 0 Å². The van der Waals surface area contributed by atoms with Crippen LogP contribution in [0, 0.1) is 13.8 Å². The lowest BCUT2D eigenvalue weighted by Crippen LogP contribution is -2.46. The molecule has 0 aliphatic heterocycles. The van der Waals surface area contributed by atoms with E-state index < -0.39 is 5.41 Å². The van der Waals surface area contributed by atoms with Crippen LogP contribution in [0.25, 0.3) is 0 Å². The van der Waals surface area contributed by atoms with Crippen LogP contribution in [-0.4, -0.2) is 24.6 Å². The van der Waals surface area contributed by atoms with Crippen LogP contribution in [0.2, 0.25) is 0 Å². The fraction of sp³-hybridized carbons (Fsp3) is 0.375. The van der Waals surface area contributed by atoms with E-state index in [1.54, 1.807) is 11.3 Å². The molecule has 1 heterocycles. The first-order valence-corrected chi connectivity index (χ1v) is 7.67. The highest BCUT2D eigenvalue weighted by atomic mass is 32.1. The molecule has 0 bridgehead atoms. The second kappa shape index (κ2) is 6.37. The Kier molecular flexibility index (Phi) is 4.75. The molecule has 0 fully saturated rings. The summed E-state index contributed by atoms with van der Waals surface area (Å²) in [6.45, 7) is 4.11. The first-order chi connectivity index (χ1) is 10.0. The van der Waals surface area contributed by atoms with Crippen LogP contribution in [0.15, 0.2) is 29.6 Å². The van der Waals surface area contributed by atoms with Crippen LogP contribution in [0.4, 0.5) is 0 Å². The van der Waals surface area contributed by atoms with Gasteiger partial charge < -0.3 is 10.5 Å². The van der Waals surface area contributed by atoms with Crippen LogP contribution in [-0.2, 0) is 21.4 Å². The van der Waals surface area contributed by atoms with Gasteiger partial charge in [-0.2, -0.15) is 0 Å². The number of aromatic nitrogens is 1. The zero-order chi connectivity index (χ0) is 15.5. The molecule has 1 atom stereocenters. The minimum absolute atomic E-state index is 0.182. The standard InChI is InChI=1S/C16H20N2O2S/c1-11-6-4-5-7-14(11)16(10-17,15(19)20-3)8-13-9-21-12(2)18-13/h4-7,9H,8,10,17H2,1-3H3. The summed E-state index contributed by atoms with van der Waals surface area (Å²) < 4.78 is 5.05. The Hall–Kier alpha value is -1.72. The van der Waals surface area contributed by atoms with Crippen molar-refractivity contribution >= 4 is 17.3 Å². The lowest BCUT2D eigenvalue weighted by molar-refractivity contribution is -0.147. The van der Waals surface area contributed by atoms with Gasteiger partial charge in [0.25, 0.3) is 0 Å². The van der Waals surface area contributed by atoms with Crippen molar-refractivity contribution in [1.82, 2.24) is 4.98 Å². The molecule has 2 rings (SSSR count). The highest BCUT2D eigenvalue weighted by molar-refractivity contribution is 7.09. The molecule has 5 heteroatoms. The second-order valence-corrected chi connectivity index (χ2v) is 6.19. The Balaban J connectivity index is 2.53. The van der Waals surface area contributed by atoms with E-state index in [4.69, 9.17) is 10.5 Å². The van der Waals surface area contributed by atoms with Gasteiger partial charge in [0, 0.05) is 18.3 Å². The number of ether oxygens (including phenoxy) is 1. The van der Waals surface area contributed by atoms with E-state index in [1.165, 1.54) is 7.11 Å². The highest BCUT2D eigenvalue weighted by Gasteiger charge is 2.42. The van der Waals surface area contributed by atoms with Crippen molar-refractivity contribution in [3.8, 4) is 0 Å². The molecule has 0 aliphatic rings. The summed E-state index contributed by atoms with van der Waals surface area (Å²) in [5.74, 6) is -0.315. The van der Waals surface area contributed by atoms with E-state index in [1.807, 2.05) is 43.5 Å². The van der Waals surface area contributed by atoms with Gasteiger partial charge in [-0.15, -0.1) is 11.3 Å². The minimum atomic E-state index is -0.888. The van der Waals surface area contributed by atoms with E-state index in [9.17, 15) is 4.79 Å². The van der Waals surface area contributed by atoms with Gasteiger partial charge in [0.1, 0.15) is 5.41 Å². The number of aryl methyl sites for hydroxylation is 2. The number of nitrogens with zero attached hydrogens (tertiary/aromatic N) is 1. The van der Waals surface area contributed by atoms with E-state index in [-0.39, 0.29) is 12.5 Å². The normalized spacial score (nSPS) is 13.7. The van der Waals surface area contributed by atoms with Crippen molar-refractivity contribution in [3.05, 3.63) is 51.5 Å². The number of hydrogen-bond acceptors (Lipinski definition) is 5. The third kappa shape index (κ3) is 2.99. The lowest BCUT2D eigenvalue weighted by Gasteiger charge is -2.31. The second-order valence-electron chi connectivity index (χ2n) is 5.13. The van der Waals surface area contributed by atoms with Gasteiger partial charge >= 0.3 is 5.97 Å². The molecule has 2 aromatic rings. The van der Waals surface area contributed by atoms with Gasteiger partial charge in [-0.25, -0.2) is 4.98 Å². The maximum Gasteiger partial charge on any atom is 0.317 e. The maximum atomic E-state index is 12.5. The van der Waals surface area contributed by atoms with Crippen molar-refractivity contribution in [2.45, 2.75) is 25.7 Å². The molecular weight excluding hydrogens is 284 g/mol. The summed E-state index contributed by atoms with van der Waals surface area (Å²) in [5.41, 5.74) is 7.93. The van der Waals surface area contributed by atoms with Crippen LogP contribution in [0.1, 0.15) is 21.8 Å². The third-order valence-corrected chi connectivity index (χ3v) is 4.56. The first kappa shape index (κ1) is 15.7. The van der Waals surface area contributed by atoms with Crippen LogP contribution >= 0.6 is 11.3 Å². The summed E-state index contributed by atoms with van der Waals surface area (Å²) in [5, 5.41) is 2.95. The van der Waals surface area contributed by atoms with Crippen LogP contribution in [0.5, 0.6) is 0 Å². The molecule has 1 aromatic heterocycles. The largest absolute Gasteiger partial charge is 0.468 e. The summed E-state index contributed by atoms with van der Waals surface area (Å²) in [4.78, 5) is 17.0. The number of methoxy groups -OCH3 is 1. The Labute approximate surface area is 129 Å². The maximum absolute atomic E-state index is 12.5. The number of esters is 1. The predicted molar refractivity (Wildman–Crippen MR) is 84.5 cm³/mol. The van der Waals surface area contributed by atoms with E-state index >= 15 is 0 Å². The minimum Gasteiger partial charge on any atom is -0.468 e. The smallest absolute Gasteiger partial charge is 0.317 e. The number of nitrogens with two attached hydrogens (primary N) is 1. The average molecular weight is 304 g/mol. The molecule has 1 unspecified atom stereocenters. The number of carbonyl (C=O) groups is 1. The number of thiazole rings is 1. The van der Waals surface area contributed by atoms with E-state index in [2.05, 4.69) is 4.98 Å². The fourth-order valence-corrected chi connectivity index (χ4v) is 3.26. The summed E-state index contributed by atoms with van der Waals surface area (Å²) >= 11 is 1.57. The Morgan fingerprint density at radius 3 is 2.62 bits per heavy atom. The first-order valence-electron chi connectivity index (χ1n) is 6.79. The molecule has 21 heavy (non-hydrogen) atoms. The van der Waals surface area contributed by atoms with Crippen molar-refractivity contribution in [2.75, 3.05) is 13.7 Å². The van der Waals surface area contributed by atoms with Gasteiger partial charge in [-0.1, -0.05) is 24.3 Å². The summed E-state index contributed by atoms with van der Waals surface area (Å²) in [7, 11) is 1.40. The number of hydrogen-bond donors (Lipinski definition) is 1. The third-order valence-electron chi connectivity index (χ3n) is 3.73. The zero-order valence-corrected chi connectivity index (χ0v) is 13.4. The molecule has 1 aromatic carbocycles. The van der Waals surface area contributed by atoms with Gasteiger partial charge in [0.2, 0.25) is 0 Å². The zero-order valence-electron chi connectivity index (χ0n) is 12.6. The number of carbonyl (C=O) groups excluding carboxylic acids is 1. The van der Waals surface area contributed by atoms with Crippen LogP contribution < -0.4 is 5.73 Å². The Morgan fingerprint density at radius 2 is 2.10 bits per heavy atom. The SMILES string of the molecule is COC(=O)C(CN)(Cc1csc(C)n1)c1ccccc1C. The van der Waals surface area contributed by atoms with Gasteiger partial charge in [0.15, 0.2) is 0 Å². The lowest BCUT2D eigenvalue weighted by atomic mass is 9.75. The van der Waals surface area contributed by atoms with Crippen molar-refractivity contribution < 1.29 is 9.53 Å². The monoisotopic (exact) mass is 304 g/mol. The molecule has 0 saturated carbocycles. The number of benzene rings is 1. The van der Waals surface area contributed by atoms with Gasteiger partial charge in [-0.05, 0) is 25.0 Å². The fourth-order valence-electron chi connectivity index (χ4n) is 2.65. The molecule has 4 nitrogen and oxygen atoms in total. The van der Waals surface area contributed by atoms with Crippen molar-refractivity contribution in [3.63, 3.8) is 0 Å². The van der Waals surface area contributed by atoms with Gasteiger partial charge in [-0.3, -0.25) is 4.79 Å². The summed E-state index contributed by atoms with van der Waals surface area (Å²) in [6.07, 6.45) is 0.450. The molecule has 2 N–H and O–H groups in total. The van der Waals surface area contributed by atoms with Gasteiger partial charge in [0.05, 0.1) is 17.8 Å². The molecular formula is C16H20N2O2S. The van der Waals surface area contributed by atoms with E-state index in [0.29, 0.717) is 6.42 Å². The Bertz CT molecular complexity index is 639. The van der Waals surface area contributed by atoms with Crippen molar-refractivity contribution in [2.24, 2.45) is 5.73 Å². The quantitative estimate of drug-likeness (QED) is 0.861. The highest BCUT2D eigenvalue weighted by Crippen LogP contribution is 2.32. The molecule has 0 amide bonds. The average Bonchev–Trinajstić information content (AvgIpc) is 2.90. The molecule has 0 aliphatic carbocycles. The Morgan fingerprint density at radius 1 is 1.38 bits per heavy atom. The predicted octanol–water partition coefficient (Wildman–Crippen LogP) is 2.37. The van der Waals surface area contributed by atoms with Crippen LogP contribution in [0.3, 0.4) is 0 Å².